The Bertz CT molecular complexity index is 1020. The van der Waals surface area contributed by atoms with Crippen molar-refractivity contribution in [3.05, 3.63) is 24.7 Å². The van der Waals surface area contributed by atoms with E-state index in [1.807, 2.05) is 0 Å². The third-order valence-corrected chi connectivity index (χ3v) is 5.76. The average Bonchev–Trinajstić information content (AvgIpc) is 3.34. The summed E-state index contributed by atoms with van der Waals surface area (Å²) in [6.45, 7) is 3.80. The van der Waals surface area contributed by atoms with Gasteiger partial charge in [0.15, 0.2) is 0 Å². The van der Waals surface area contributed by atoms with Crippen molar-refractivity contribution >= 4 is 29.3 Å². The zero-order chi connectivity index (χ0) is 20.8. The summed E-state index contributed by atoms with van der Waals surface area (Å²) in [6.07, 6.45) is 7.10. The fraction of sp³-hybridized carbons (Fsp3) is 0.474. The number of aromatic nitrogens is 4. The third-order valence-electron chi connectivity index (χ3n) is 5.76. The molecule has 0 radical (unpaired) electrons. The van der Waals surface area contributed by atoms with E-state index in [9.17, 15) is 14.9 Å². The standard InChI is InChI=1S/C19H22N8O2/c1-18(2,15(21)28)27-10-13(9-23-27)24-17-22-7-5-14(25-17)26-8-6-19(11-20,16(26)29)12-3-4-12/h5,7,9-10,12H,3-4,6,8H2,1-2H3,(H2,21,28)(H,22,24,25)/t19-/m1/s1. The molecule has 0 bridgehead atoms. The van der Waals surface area contributed by atoms with Crippen LogP contribution in [0.25, 0.3) is 0 Å². The van der Waals surface area contributed by atoms with Crippen LogP contribution in [0.5, 0.6) is 0 Å². The highest BCUT2D eigenvalue weighted by atomic mass is 16.2. The van der Waals surface area contributed by atoms with Crippen molar-refractivity contribution in [2.24, 2.45) is 17.1 Å². The molecule has 2 fully saturated rings. The van der Waals surface area contributed by atoms with Crippen LogP contribution in [0.3, 0.4) is 0 Å². The van der Waals surface area contributed by atoms with E-state index in [2.05, 4.69) is 26.5 Å². The highest BCUT2D eigenvalue weighted by Gasteiger charge is 2.57. The SMILES string of the molecule is CC(C)(C(N)=O)n1cc(Nc2nccc(N3CC[C@@](C#N)(C4CC4)C3=O)n2)cn1. The van der Waals surface area contributed by atoms with Crippen LogP contribution in [-0.2, 0) is 15.1 Å². The molecular weight excluding hydrogens is 372 g/mol. The number of hydrogen-bond acceptors (Lipinski definition) is 7. The number of nitrogens with two attached hydrogens (primary N) is 1. The minimum Gasteiger partial charge on any atom is -0.368 e. The van der Waals surface area contributed by atoms with E-state index in [0.29, 0.717) is 24.5 Å². The van der Waals surface area contributed by atoms with E-state index in [0.717, 1.165) is 12.8 Å². The molecule has 2 aromatic heterocycles. The van der Waals surface area contributed by atoms with Crippen molar-refractivity contribution in [3.63, 3.8) is 0 Å². The summed E-state index contributed by atoms with van der Waals surface area (Å²) < 4.78 is 1.46. The Kier molecular flexibility index (Phi) is 4.26. The minimum absolute atomic E-state index is 0.156. The van der Waals surface area contributed by atoms with Gasteiger partial charge in [0.25, 0.3) is 0 Å². The average molecular weight is 394 g/mol. The topological polar surface area (TPSA) is 143 Å². The van der Waals surface area contributed by atoms with Crippen LogP contribution in [-0.4, -0.2) is 38.1 Å². The molecule has 1 aliphatic carbocycles. The zero-order valence-electron chi connectivity index (χ0n) is 16.3. The Hall–Kier alpha value is -3.48. The van der Waals surface area contributed by atoms with E-state index in [1.165, 1.54) is 10.9 Å². The van der Waals surface area contributed by atoms with Gasteiger partial charge in [0, 0.05) is 18.9 Å². The molecule has 2 aromatic rings. The number of nitriles is 1. The summed E-state index contributed by atoms with van der Waals surface area (Å²) in [4.78, 5) is 34.7. The maximum absolute atomic E-state index is 13.0. The van der Waals surface area contributed by atoms with Crippen molar-refractivity contribution in [3.8, 4) is 6.07 Å². The summed E-state index contributed by atoms with van der Waals surface area (Å²) in [5.41, 5.74) is 4.10. The van der Waals surface area contributed by atoms with Gasteiger partial charge in [0.1, 0.15) is 16.8 Å². The van der Waals surface area contributed by atoms with E-state index < -0.39 is 16.9 Å². The van der Waals surface area contributed by atoms with E-state index >= 15 is 0 Å². The summed E-state index contributed by atoms with van der Waals surface area (Å²) in [5, 5.41) is 16.8. The van der Waals surface area contributed by atoms with E-state index in [1.54, 1.807) is 37.2 Å². The first kappa shape index (κ1) is 18.9. The third kappa shape index (κ3) is 3.08. The van der Waals surface area contributed by atoms with Crippen molar-refractivity contribution in [1.29, 1.82) is 5.26 Å². The monoisotopic (exact) mass is 394 g/mol. The second-order valence-corrected chi connectivity index (χ2v) is 8.02. The molecule has 1 saturated carbocycles. The summed E-state index contributed by atoms with van der Waals surface area (Å²) in [6, 6.07) is 3.93. The number of anilines is 3. The van der Waals surface area contributed by atoms with Gasteiger partial charge in [-0.05, 0) is 45.1 Å². The quantitative estimate of drug-likeness (QED) is 0.751. The first-order valence-electron chi connectivity index (χ1n) is 9.46. The molecule has 3 N–H and O–H groups in total. The van der Waals surface area contributed by atoms with Gasteiger partial charge in [-0.25, -0.2) is 4.98 Å². The lowest BCUT2D eigenvalue weighted by atomic mass is 9.83. The van der Waals surface area contributed by atoms with Gasteiger partial charge >= 0.3 is 0 Å². The van der Waals surface area contributed by atoms with Gasteiger partial charge in [-0.1, -0.05) is 0 Å². The molecule has 1 saturated heterocycles. The zero-order valence-corrected chi connectivity index (χ0v) is 16.3. The van der Waals surface area contributed by atoms with Gasteiger partial charge in [-0.15, -0.1) is 0 Å². The van der Waals surface area contributed by atoms with Crippen LogP contribution in [0.4, 0.5) is 17.5 Å². The minimum atomic E-state index is -0.978. The number of primary amides is 1. The highest BCUT2D eigenvalue weighted by Crippen LogP contribution is 2.51. The first-order valence-corrected chi connectivity index (χ1v) is 9.46. The molecule has 150 valence electrons. The molecule has 0 spiro atoms. The van der Waals surface area contributed by atoms with Gasteiger partial charge in [0.2, 0.25) is 17.8 Å². The molecule has 2 amide bonds. The number of amides is 2. The number of nitrogens with zero attached hydrogens (tertiary/aromatic N) is 6. The number of rotatable bonds is 6. The molecule has 1 aliphatic heterocycles. The molecule has 0 aromatic carbocycles. The van der Waals surface area contributed by atoms with Crippen LogP contribution in [0, 0.1) is 22.7 Å². The molecule has 1 atom stereocenters. The molecule has 4 rings (SSSR count). The van der Waals surface area contributed by atoms with Gasteiger partial charge in [-0.2, -0.15) is 15.3 Å². The van der Waals surface area contributed by atoms with Crippen molar-refractivity contribution in [1.82, 2.24) is 19.7 Å². The Morgan fingerprint density at radius 1 is 1.45 bits per heavy atom. The maximum Gasteiger partial charge on any atom is 0.248 e. The number of carbonyl (C=O) groups excluding carboxylic acids is 2. The Morgan fingerprint density at radius 3 is 2.86 bits per heavy atom. The first-order chi connectivity index (χ1) is 13.8. The second-order valence-electron chi connectivity index (χ2n) is 8.02. The molecule has 2 aliphatic rings. The van der Waals surface area contributed by atoms with Crippen LogP contribution in [0.2, 0.25) is 0 Å². The Balaban J connectivity index is 1.53. The van der Waals surface area contributed by atoms with Gasteiger partial charge in [-0.3, -0.25) is 19.2 Å². The van der Waals surface area contributed by atoms with E-state index in [-0.39, 0.29) is 17.8 Å². The van der Waals surface area contributed by atoms with Gasteiger partial charge < -0.3 is 11.1 Å². The largest absolute Gasteiger partial charge is 0.368 e. The fourth-order valence-electron chi connectivity index (χ4n) is 3.60. The van der Waals surface area contributed by atoms with Crippen molar-refractivity contribution < 1.29 is 9.59 Å². The summed E-state index contributed by atoms with van der Waals surface area (Å²) >= 11 is 0. The normalized spacial score (nSPS) is 21.8. The fourth-order valence-corrected chi connectivity index (χ4v) is 3.60. The van der Waals surface area contributed by atoms with E-state index in [4.69, 9.17) is 5.73 Å². The molecular formula is C19H22N8O2. The van der Waals surface area contributed by atoms with Crippen LogP contribution >= 0.6 is 0 Å². The molecule has 10 nitrogen and oxygen atoms in total. The Labute approximate surface area is 167 Å². The second kappa shape index (κ2) is 6.55. The molecule has 10 heteroatoms. The van der Waals surface area contributed by atoms with Crippen molar-refractivity contribution in [2.45, 2.75) is 38.6 Å². The maximum atomic E-state index is 13.0. The number of carbonyl (C=O) groups is 2. The number of nitrogens with one attached hydrogen (secondary N) is 1. The van der Waals surface area contributed by atoms with Crippen LogP contribution in [0.15, 0.2) is 24.7 Å². The molecule has 3 heterocycles. The summed E-state index contributed by atoms with van der Waals surface area (Å²) in [7, 11) is 0. The summed E-state index contributed by atoms with van der Waals surface area (Å²) in [5.74, 6) is 0.212. The predicted octanol–water partition coefficient (Wildman–Crippen LogP) is 1.29. The highest BCUT2D eigenvalue weighted by molar-refractivity contribution is 6.01. The van der Waals surface area contributed by atoms with Crippen LogP contribution in [0.1, 0.15) is 33.1 Å². The lowest BCUT2D eigenvalue weighted by Gasteiger charge is -2.21. The smallest absolute Gasteiger partial charge is 0.248 e. The van der Waals surface area contributed by atoms with Crippen molar-refractivity contribution in [2.75, 3.05) is 16.8 Å². The Morgan fingerprint density at radius 2 is 2.21 bits per heavy atom. The lowest BCUT2D eigenvalue weighted by molar-refractivity contribution is -0.125. The van der Waals surface area contributed by atoms with Gasteiger partial charge in [0.05, 0.1) is 18.0 Å². The molecule has 29 heavy (non-hydrogen) atoms. The molecule has 0 unspecified atom stereocenters. The van der Waals surface area contributed by atoms with Crippen LogP contribution < -0.4 is 16.0 Å². The predicted molar refractivity (Wildman–Crippen MR) is 104 cm³/mol. The lowest BCUT2D eigenvalue weighted by Crippen LogP contribution is -2.41. The number of hydrogen-bond donors (Lipinski definition) is 2.